The highest BCUT2D eigenvalue weighted by atomic mass is 32.1. The van der Waals surface area contributed by atoms with Crippen LogP contribution in [0.2, 0.25) is 0 Å². The van der Waals surface area contributed by atoms with E-state index in [4.69, 9.17) is 14.7 Å². The number of hydrogen-bond donors (Lipinski definition) is 1. The number of benzene rings is 1. The van der Waals surface area contributed by atoms with Gasteiger partial charge in [-0.3, -0.25) is 4.79 Å². The number of hydrogen-bond acceptors (Lipinski definition) is 5. The zero-order chi connectivity index (χ0) is 12.8. The van der Waals surface area contributed by atoms with E-state index in [0.717, 1.165) is 0 Å². The summed E-state index contributed by atoms with van der Waals surface area (Å²) < 4.78 is 9.89. The zero-order valence-electron chi connectivity index (χ0n) is 9.69. The van der Waals surface area contributed by atoms with Crippen LogP contribution in [0.5, 0.6) is 5.75 Å². The fourth-order valence-corrected chi connectivity index (χ4v) is 1.70. The molecule has 0 aliphatic carbocycles. The van der Waals surface area contributed by atoms with Crippen LogP contribution in [0.3, 0.4) is 0 Å². The van der Waals surface area contributed by atoms with Gasteiger partial charge in [-0.05, 0) is 24.6 Å². The molecule has 0 bridgehead atoms. The number of methoxy groups -OCH3 is 1. The molecule has 0 aliphatic rings. The van der Waals surface area contributed by atoms with Crippen LogP contribution in [0, 0.1) is 11.3 Å². The van der Waals surface area contributed by atoms with Crippen molar-refractivity contribution in [1.82, 2.24) is 0 Å². The van der Waals surface area contributed by atoms with Crippen molar-refractivity contribution in [3.8, 4) is 11.8 Å². The first kappa shape index (κ1) is 13.4. The number of carbonyl (C=O) groups excluding carboxylic acids is 1. The van der Waals surface area contributed by atoms with E-state index in [2.05, 4.69) is 12.6 Å². The highest BCUT2D eigenvalue weighted by Crippen LogP contribution is 2.26. The van der Waals surface area contributed by atoms with Crippen molar-refractivity contribution in [3.63, 3.8) is 0 Å². The summed E-state index contributed by atoms with van der Waals surface area (Å²) in [5.74, 6) is 0.152. The summed E-state index contributed by atoms with van der Waals surface area (Å²) >= 11 is 4.22. The summed E-state index contributed by atoms with van der Waals surface area (Å²) in [5, 5.41) is 8.99. The van der Waals surface area contributed by atoms with Crippen LogP contribution in [-0.2, 0) is 16.0 Å². The second-order valence-electron chi connectivity index (χ2n) is 3.27. The van der Waals surface area contributed by atoms with Gasteiger partial charge < -0.3 is 9.47 Å². The smallest absolute Gasteiger partial charge is 0.310 e. The second kappa shape index (κ2) is 6.16. The average molecular weight is 251 g/mol. The molecule has 1 rings (SSSR count). The summed E-state index contributed by atoms with van der Waals surface area (Å²) in [7, 11) is 1.50. The van der Waals surface area contributed by atoms with E-state index in [0.29, 0.717) is 28.4 Å². The van der Waals surface area contributed by atoms with E-state index < -0.39 is 0 Å². The van der Waals surface area contributed by atoms with Gasteiger partial charge in [-0.15, -0.1) is 12.6 Å². The van der Waals surface area contributed by atoms with Crippen LogP contribution in [0.15, 0.2) is 17.0 Å². The predicted octanol–water partition coefficient (Wildman–Crippen LogP) is 1.96. The molecule has 4 nitrogen and oxygen atoms in total. The molecular weight excluding hydrogens is 238 g/mol. The van der Waals surface area contributed by atoms with Gasteiger partial charge in [0, 0.05) is 4.90 Å². The van der Waals surface area contributed by atoms with Crippen LogP contribution in [0.1, 0.15) is 18.1 Å². The fraction of sp³-hybridized carbons (Fsp3) is 0.333. The van der Waals surface area contributed by atoms with Gasteiger partial charge in [-0.2, -0.15) is 5.26 Å². The van der Waals surface area contributed by atoms with E-state index in [9.17, 15) is 4.79 Å². The van der Waals surface area contributed by atoms with Crippen molar-refractivity contribution in [1.29, 1.82) is 5.26 Å². The lowest BCUT2D eigenvalue weighted by atomic mass is 10.1. The standard InChI is InChI=1S/C12H13NO3S/c1-3-16-12(14)6-8-5-11(17)10(15-2)4-9(8)7-13/h4-5,17H,3,6H2,1-2H3. The van der Waals surface area contributed by atoms with Crippen LogP contribution in [-0.4, -0.2) is 19.7 Å². The van der Waals surface area contributed by atoms with Crippen molar-refractivity contribution >= 4 is 18.6 Å². The maximum absolute atomic E-state index is 11.4. The lowest BCUT2D eigenvalue weighted by Crippen LogP contribution is -2.09. The summed E-state index contributed by atoms with van der Waals surface area (Å²) in [6.45, 7) is 2.06. The first-order chi connectivity index (χ1) is 8.12. The van der Waals surface area contributed by atoms with Crippen LogP contribution in [0.25, 0.3) is 0 Å². The van der Waals surface area contributed by atoms with Crippen LogP contribution < -0.4 is 4.74 Å². The lowest BCUT2D eigenvalue weighted by Gasteiger charge is -2.09. The molecule has 0 fully saturated rings. The number of esters is 1. The molecule has 5 heteroatoms. The van der Waals surface area contributed by atoms with Gasteiger partial charge in [0.25, 0.3) is 0 Å². The lowest BCUT2D eigenvalue weighted by molar-refractivity contribution is -0.142. The molecule has 0 radical (unpaired) electrons. The van der Waals surface area contributed by atoms with Gasteiger partial charge >= 0.3 is 5.97 Å². The Balaban J connectivity index is 3.03. The second-order valence-corrected chi connectivity index (χ2v) is 3.76. The Bertz CT molecular complexity index is 466. The maximum atomic E-state index is 11.4. The predicted molar refractivity (Wildman–Crippen MR) is 65.3 cm³/mol. The summed E-state index contributed by atoms with van der Waals surface area (Å²) in [4.78, 5) is 11.9. The molecule has 0 saturated carbocycles. The maximum Gasteiger partial charge on any atom is 0.310 e. The quantitative estimate of drug-likeness (QED) is 0.656. The van der Waals surface area contributed by atoms with E-state index in [1.54, 1.807) is 19.1 Å². The number of thiol groups is 1. The van der Waals surface area contributed by atoms with E-state index in [-0.39, 0.29) is 12.4 Å². The molecule has 17 heavy (non-hydrogen) atoms. The van der Waals surface area contributed by atoms with Gasteiger partial charge in [0.05, 0.1) is 31.8 Å². The summed E-state index contributed by atoms with van der Waals surface area (Å²) in [5.41, 5.74) is 0.990. The molecule has 0 N–H and O–H groups in total. The number of nitriles is 1. The Hall–Kier alpha value is -1.67. The number of ether oxygens (including phenoxy) is 2. The Morgan fingerprint density at radius 2 is 2.24 bits per heavy atom. The van der Waals surface area contributed by atoms with Gasteiger partial charge in [-0.25, -0.2) is 0 Å². The SMILES string of the molecule is CCOC(=O)Cc1cc(S)c(OC)cc1C#N. The Morgan fingerprint density at radius 3 is 2.76 bits per heavy atom. The molecule has 0 saturated heterocycles. The van der Waals surface area contributed by atoms with Gasteiger partial charge in [0.15, 0.2) is 0 Å². The molecule has 0 atom stereocenters. The van der Waals surface area contributed by atoms with Crippen molar-refractivity contribution in [2.24, 2.45) is 0 Å². The Labute approximate surface area is 106 Å². The molecule has 0 amide bonds. The largest absolute Gasteiger partial charge is 0.496 e. The van der Waals surface area contributed by atoms with Crippen molar-refractivity contribution in [3.05, 3.63) is 23.3 Å². The third-order valence-electron chi connectivity index (χ3n) is 2.17. The molecule has 90 valence electrons. The van der Waals surface area contributed by atoms with Gasteiger partial charge in [0.1, 0.15) is 5.75 Å². The highest BCUT2D eigenvalue weighted by Gasteiger charge is 2.12. The highest BCUT2D eigenvalue weighted by molar-refractivity contribution is 7.80. The molecular formula is C12H13NO3S. The molecule has 1 aromatic rings. The average Bonchev–Trinajstić information content (AvgIpc) is 2.29. The minimum absolute atomic E-state index is 0.0638. The van der Waals surface area contributed by atoms with Crippen molar-refractivity contribution in [2.45, 2.75) is 18.2 Å². The normalized spacial score (nSPS) is 9.53. The van der Waals surface area contributed by atoms with Gasteiger partial charge in [-0.1, -0.05) is 0 Å². The minimum Gasteiger partial charge on any atom is -0.496 e. The Kier molecular flexibility index (Phi) is 4.85. The summed E-state index contributed by atoms with van der Waals surface area (Å²) in [6.07, 6.45) is 0.0638. The zero-order valence-corrected chi connectivity index (χ0v) is 10.6. The topological polar surface area (TPSA) is 59.3 Å². The van der Waals surface area contributed by atoms with E-state index in [1.165, 1.54) is 7.11 Å². The Morgan fingerprint density at radius 1 is 1.53 bits per heavy atom. The molecule has 1 aromatic carbocycles. The molecule has 0 unspecified atom stereocenters. The van der Waals surface area contributed by atoms with Crippen LogP contribution >= 0.6 is 12.6 Å². The minimum atomic E-state index is -0.359. The monoisotopic (exact) mass is 251 g/mol. The molecule has 0 aromatic heterocycles. The number of nitrogens with zero attached hydrogens (tertiary/aromatic N) is 1. The van der Waals surface area contributed by atoms with Crippen LogP contribution in [0.4, 0.5) is 0 Å². The number of rotatable bonds is 4. The molecule has 0 aliphatic heterocycles. The molecule has 0 heterocycles. The first-order valence-corrected chi connectivity index (χ1v) is 5.52. The van der Waals surface area contributed by atoms with Crippen molar-refractivity contribution in [2.75, 3.05) is 13.7 Å². The fourth-order valence-electron chi connectivity index (χ4n) is 1.39. The third kappa shape index (κ3) is 3.40. The molecule has 0 spiro atoms. The van der Waals surface area contributed by atoms with Crippen molar-refractivity contribution < 1.29 is 14.3 Å². The number of carbonyl (C=O) groups is 1. The first-order valence-electron chi connectivity index (χ1n) is 5.08. The van der Waals surface area contributed by atoms with E-state index >= 15 is 0 Å². The van der Waals surface area contributed by atoms with E-state index in [1.807, 2.05) is 6.07 Å². The third-order valence-corrected chi connectivity index (χ3v) is 2.51. The van der Waals surface area contributed by atoms with Gasteiger partial charge in [0.2, 0.25) is 0 Å². The summed E-state index contributed by atoms with van der Waals surface area (Å²) in [6, 6.07) is 5.24.